The number of ether oxygens (including phenoxy) is 1. The van der Waals surface area contributed by atoms with E-state index in [1.165, 1.54) is 16.8 Å². The molecule has 1 unspecified atom stereocenters. The molecule has 26 heavy (non-hydrogen) atoms. The van der Waals surface area contributed by atoms with Crippen LogP contribution < -0.4 is 4.74 Å². The topological polar surface area (TPSA) is 70.6 Å². The molecule has 1 atom stereocenters. The van der Waals surface area contributed by atoms with Crippen molar-refractivity contribution < 1.29 is 9.53 Å². The van der Waals surface area contributed by atoms with Gasteiger partial charge in [-0.25, -0.2) is 9.99 Å². The number of methoxy groups -OCH3 is 1. The molecular formula is C19H18N4O2S. The number of carbonyl (C=O) groups is 1. The van der Waals surface area contributed by atoms with Crippen molar-refractivity contribution in [3.8, 4) is 17.1 Å². The third-order valence-corrected chi connectivity index (χ3v) is 5.37. The van der Waals surface area contributed by atoms with Crippen LogP contribution in [0, 0.1) is 0 Å². The normalized spacial score (nSPS) is 17.5. The van der Waals surface area contributed by atoms with Crippen molar-refractivity contribution in [3.05, 3.63) is 48.0 Å². The zero-order valence-electron chi connectivity index (χ0n) is 14.7. The molecule has 6 nitrogen and oxygen atoms in total. The summed E-state index contributed by atoms with van der Waals surface area (Å²) in [6.45, 7) is 1.99. The number of rotatable bonds is 3. The number of nitrogens with zero attached hydrogens (tertiary/aromatic N) is 3. The molecule has 1 amide bonds. The van der Waals surface area contributed by atoms with Crippen molar-refractivity contribution in [2.24, 2.45) is 5.10 Å². The second kappa shape index (κ2) is 6.49. The summed E-state index contributed by atoms with van der Waals surface area (Å²) < 4.78 is 5.20. The Balaban J connectivity index is 1.72. The summed E-state index contributed by atoms with van der Waals surface area (Å²) >= 11 is 1.28. The largest absolute Gasteiger partial charge is 0.497 e. The molecule has 0 saturated carbocycles. The summed E-state index contributed by atoms with van der Waals surface area (Å²) in [5.74, 6) is 1.62. The lowest BCUT2D eigenvalue weighted by Crippen LogP contribution is -2.31. The van der Waals surface area contributed by atoms with E-state index in [-0.39, 0.29) is 10.5 Å². The number of aromatic amines is 1. The average Bonchev–Trinajstić information content (AvgIpc) is 3.08. The predicted molar refractivity (Wildman–Crippen MR) is 105 cm³/mol. The van der Waals surface area contributed by atoms with E-state index >= 15 is 0 Å². The minimum atomic E-state index is -0.0381. The van der Waals surface area contributed by atoms with Crippen LogP contribution in [0.25, 0.3) is 22.4 Å². The van der Waals surface area contributed by atoms with Crippen LogP contribution in [0.1, 0.15) is 12.5 Å². The Bertz CT molecular complexity index is 1010. The number of fused-ring (bicyclic) bond motifs is 1. The van der Waals surface area contributed by atoms with E-state index in [2.05, 4.69) is 10.1 Å². The SMILES string of the molecule is COc1ccc(-c2nc3cc(C4=NN(C)C(=O)SC4C)ccc3[nH]2)cc1. The minimum Gasteiger partial charge on any atom is -0.497 e. The van der Waals surface area contributed by atoms with Crippen LogP contribution in [0.2, 0.25) is 0 Å². The third-order valence-electron chi connectivity index (χ3n) is 4.33. The van der Waals surface area contributed by atoms with Crippen molar-refractivity contribution >= 4 is 33.7 Å². The van der Waals surface area contributed by atoms with E-state index in [9.17, 15) is 4.79 Å². The van der Waals surface area contributed by atoms with Crippen LogP contribution in [-0.4, -0.2) is 45.3 Å². The van der Waals surface area contributed by atoms with E-state index in [0.29, 0.717) is 0 Å². The summed E-state index contributed by atoms with van der Waals surface area (Å²) in [6.07, 6.45) is 0. The molecule has 7 heteroatoms. The first-order chi connectivity index (χ1) is 12.5. The number of imidazole rings is 1. The molecule has 1 aliphatic heterocycles. The molecule has 0 aliphatic carbocycles. The lowest BCUT2D eigenvalue weighted by Gasteiger charge is -2.24. The number of hydrazone groups is 1. The molecule has 0 saturated heterocycles. The molecule has 0 radical (unpaired) electrons. The molecule has 1 N–H and O–H groups in total. The smallest absolute Gasteiger partial charge is 0.302 e. The van der Waals surface area contributed by atoms with Gasteiger partial charge in [-0.3, -0.25) is 4.79 Å². The Morgan fingerprint density at radius 3 is 2.62 bits per heavy atom. The van der Waals surface area contributed by atoms with E-state index < -0.39 is 0 Å². The summed E-state index contributed by atoms with van der Waals surface area (Å²) in [7, 11) is 3.33. The molecule has 2 aromatic carbocycles. The molecule has 1 aliphatic rings. The number of hydrogen-bond donors (Lipinski definition) is 1. The van der Waals surface area contributed by atoms with E-state index in [1.54, 1.807) is 14.2 Å². The first kappa shape index (κ1) is 16.7. The number of thioether (sulfide) groups is 1. The lowest BCUT2D eigenvalue weighted by atomic mass is 10.1. The van der Waals surface area contributed by atoms with Gasteiger partial charge >= 0.3 is 5.24 Å². The highest BCUT2D eigenvalue weighted by Crippen LogP contribution is 2.28. The van der Waals surface area contributed by atoms with Crippen molar-refractivity contribution in [2.45, 2.75) is 12.2 Å². The molecule has 2 heterocycles. The van der Waals surface area contributed by atoms with Crippen molar-refractivity contribution in [1.29, 1.82) is 0 Å². The van der Waals surface area contributed by atoms with Gasteiger partial charge in [0, 0.05) is 18.2 Å². The fourth-order valence-corrected chi connectivity index (χ4v) is 3.70. The molecular weight excluding hydrogens is 348 g/mol. The molecule has 0 bridgehead atoms. The highest BCUT2D eigenvalue weighted by atomic mass is 32.2. The van der Waals surface area contributed by atoms with Crippen molar-refractivity contribution in [1.82, 2.24) is 15.0 Å². The maximum Gasteiger partial charge on any atom is 0.302 e. The van der Waals surface area contributed by atoms with Gasteiger partial charge in [0.25, 0.3) is 0 Å². The van der Waals surface area contributed by atoms with Crippen LogP contribution in [0.3, 0.4) is 0 Å². The monoisotopic (exact) mass is 366 g/mol. The van der Waals surface area contributed by atoms with Gasteiger partial charge in [0.1, 0.15) is 11.6 Å². The van der Waals surface area contributed by atoms with Crippen LogP contribution in [0.5, 0.6) is 5.75 Å². The number of aromatic nitrogens is 2. The summed E-state index contributed by atoms with van der Waals surface area (Å²) in [4.78, 5) is 19.8. The fraction of sp³-hybridized carbons (Fsp3) is 0.211. The maximum absolute atomic E-state index is 11.8. The van der Waals surface area contributed by atoms with E-state index in [1.807, 2.05) is 49.4 Å². The van der Waals surface area contributed by atoms with Gasteiger partial charge < -0.3 is 9.72 Å². The third kappa shape index (κ3) is 2.94. The lowest BCUT2D eigenvalue weighted by molar-refractivity contribution is 0.234. The Labute approximate surface area is 155 Å². The predicted octanol–water partition coefficient (Wildman–Crippen LogP) is 4.13. The second-order valence-corrected chi connectivity index (χ2v) is 7.37. The molecule has 0 spiro atoms. The molecule has 3 aromatic rings. The maximum atomic E-state index is 11.8. The first-order valence-electron chi connectivity index (χ1n) is 8.22. The Morgan fingerprint density at radius 2 is 1.88 bits per heavy atom. The van der Waals surface area contributed by atoms with Gasteiger partial charge in [-0.1, -0.05) is 17.8 Å². The highest BCUT2D eigenvalue weighted by molar-refractivity contribution is 8.14. The van der Waals surface area contributed by atoms with Gasteiger partial charge in [0.15, 0.2) is 0 Å². The average molecular weight is 366 g/mol. The van der Waals surface area contributed by atoms with Gasteiger partial charge in [-0.05, 0) is 43.3 Å². The van der Waals surface area contributed by atoms with Gasteiger partial charge in [0.2, 0.25) is 0 Å². The molecule has 132 valence electrons. The zero-order valence-corrected chi connectivity index (χ0v) is 15.5. The van der Waals surface area contributed by atoms with Crippen LogP contribution in [-0.2, 0) is 0 Å². The molecule has 4 rings (SSSR count). The number of amides is 1. The molecule has 0 fully saturated rings. The Hall–Kier alpha value is -2.80. The van der Waals surface area contributed by atoms with Gasteiger partial charge in [-0.2, -0.15) is 5.10 Å². The first-order valence-corrected chi connectivity index (χ1v) is 9.10. The van der Waals surface area contributed by atoms with Crippen molar-refractivity contribution in [3.63, 3.8) is 0 Å². The number of carbonyl (C=O) groups excluding carboxylic acids is 1. The standard InChI is InChI=1S/C19H18N4O2S/c1-11-17(22-23(2)19(24)26-11)13-6-9-15-16(10-13)21-18(20-15)12-4-7-14(25-3)8-5-12/h4-11H,1-3H3,(H,20,21). The van der Waals surface area contributed by atoms with Crippen LogP contribution in [0.4, 0.5) is 4.79 Å². The van der Waals surface area contributed by atoms with Gasteiger partial charge in [0.05, 0.1) is 29.1 Å². The zero-order chi connectivity index (χ0) is 18.3. The van der Waals surface area contributed by atoms with E-state index in [4.69, 9.17) is 9.72 Å². The van der Waals surface area contributed by atoms with Crippen LogP contribution >= 0.6 is 11.8 Å². The Kier molecular flexibility index (Phi) is 4.16. The molecule has 1 aromatic heterocycles. The number of nitrogens with one attached hydrogen (secondary N) is 1. The minimum absolute atomic E-state index is 0.0103. The number of H-pyrrole nitrogens is 1. The second-order valence-electron chi connectivity index (χ2n) is 6.08. The quantitative estimate of drug-likeness (QED) is 0.757. The van der Waals surface area contributed by atoms with Crippen LogP contribution in [0.15, 0.2) is 47.6 Å². The summed E-state index contributed by atoms with van der Waals surface area (Å²) in [5, 5.41) is 5.79. The Morgan fingerprint density at radius 1 is 1.15 bits per heavy atom. The highest BCUT2D eigenvalue weighted by Gasteiger charge is 2.26. The number of hydrogen-bond acceptors (Lipinski definition) is 5. The van der Waals surface area contributed by atoms with Gasteiger partial charge in [-0.15, -0.1) is 0 Å². The van der Waals surface area contributed by atoms with E-state index in [0.717, 1.165) is 39.4 Å². The fourth-order valence-electron chi connectivity index (χ4n) is 2.91. The van der Waals surface area contributed by atoms with Crippen molar-refractivity contribution in [2.75, 3.05) is 14.2 Å². The number of benzene rings is 2. The summed E-state index contributed by atoms with van der Waals surface area (Å²) in [5.41, 5.74) is 4.68. The summed E-state index contributed by atoms with van der Waals surface area (Å²) in [6, 6.07) is 13.8.